The van der Waals surface area contributed by atoms with Gasteiger partial charge in [0, 0.05) is 24.2 Å². The summed E-state index contributed by atoms with van der Waals surface area (Å²) >= 11 is 0. The van der Waals surface area contributed by atoms with Gasteiger partial charge in [0.1, 0.15) is 5.75 Å². The number of hydrogen-bond donors (Lipinski definition) is 2. The molecule has 0 aromatic heterocycles. The van der Waals surface area contributed by atoms with E-state index in [1.807, 2.05) is 36.4 Å². The van der Waals surface area contributed by atoms with E-state index in [1.165, 1.54) is 0 Å². The lowest BCUT2D eigenvalue weighted by Crippen LogP contribution is -2.34. The van der Waals surface area contributed by atoms with Crippen LogP contribution in [0.1, 0.15) is 20.7 Å². The predicted molar refractivity (Wildman–Crippen MR) is 102 cm³/mol. The van der Waals surface area contributed by atoms with Gasteiger partial charge in [-0.05, 0) is 41.1 Å². The predicted octanol–water partition coefficient (Wildman–Crippen LogP) is 3.01. The molecule has 0 fully saturated rings. The molecule has 0 unspecified atom stereocenters. The molecule has 3 rings (SSSR count). The zero-order valence-corrected chi connectivity index (χ0v) is 14.5. The van der Waals surface area contributed by atoms with Crippen molar-refractivity contribution in [2.45, 2.75) is 0 Å². The minimum atomic E-state index is -0.188. The second kappa shape index (κ2) is 8.16. The number of carbonyl (C=O) groups is 2. The first-order valence-corrected chi connectivity index (χ1v) is 8.37. The van der Waals surface area contributed by atoms with Crippen molar-refractivity contribution >= 4 is 22.6 Å². The number of methoxy groups -OCH3 is 1. The molecule has 0 aliphatic rings. The Bertz CT molecular complexity index is 915. The molecule has 2 amide bonds. The van der Waals surface area contributed by atoms with Crippen LogP contribution < -0.4 is 15.4 Å². The van der Waals surface area contributed by atoms with Crippen LogP contribution in [0.5, 0.6) is 5.75 Å². The number of amides is 2. The lowest BCUT2D eigenvalue weighted by Gasteiger charge is -2.09. The van der Waals surface area contributed by atoms with Crippen LogP contribution in [0.2, 0.25) is 0 Å². The molecule has 5 nitrogen and oxygen atoms in total. The first-order valence-electron chi connectivity index (χ1n) is 8.37. The van der Waals surface area contributed by atoms with E-state index in [9.17, 15) is 9.59 Å². The average Bonchev–Trinajstić information content (AvgIpc) is 2.70. The first kappa shape index (κ1) is 17.5. The van der Waals surface area contributed by atoms with Gasteiger partial charge in [-0.15, -0.1) is 0 Å². The Balaban J connectivity index is 1.52. The Morgan fingerprint density at radius 3 is 2.19 bits per heavy atom. The largest absolute Gasteiger partial charge is 0.497 e. The van der Waals surface area contributed by atoms with Gasteiger partial charge in [0.2, 0.25) is 0 Å². The van der Waals surface area contributed by atoms with Gasteiger partial charge < -0.3 is 15.4 Å². The maximum absolute atomic E-state index is 12.4. The molecule has 0 aliphatic heterocycles. The molecule has 0 aliphatic carbocycles. The van der Waals surface area contributed by atoms with Gasteiger partial charge >= 0.3 is 0 Å². The molecule has 5 heteroatoms. The van der Waals surface area contributed by atoms with Crippen LogP contribution in [0.4, 0.5) is 0 Å². The Hall–Kier alpha value is -3.34. The highest BCUT2D eigenvalue weighted by atomic mass is 16.5. The number of fused-ring (bicyclic) bond motifs is 1. The Kier molecular flexibility index (Phi) is 5.49. The molecule has 0 heterocycles. The molecular weight excluding hydrogens is 328 g/mol. The van der Waals surface area contributed by atoms with E-state index < -0.39 is 0 Å². The number of benzene rings is 3. The van der Waals surface area contributed by atoms with Crippen LogP contribution in [0.25, 0.3) is 10.8 Å². The van der Waals surface area contributed by atoms with E-state index in [-0.39, 0.29) is 11.8 Å². The van der Waals surface area contributed by atoms with Crippen LogP contribution >= 0.6 is 0 Å². The third kappa shape index (κ3) is 4.00. The maximum Gasteiger partial charge on any atom is 0.251 e. The van der Waals surface area contributed by atoms with Crippen molar-refractivity contribution in [3.8, 4) is 5.75 Å². The number of hydrogen-bond acceptors (Lipinski definition) is 3. The van der Waals surface area contributed by atoms with Gasteiger partial charge in [-0.2, -0.15) is 0 Å². The van der Waals surface area contributed by atoms with Gasteiger partial charge in [0.25, 0.3) is 11.8 Å². The first-order chi connectivity index (χ1) is 12.7. The normalized spacial score (nSPS) is 10.3. The quantitative estimate of drug-likeness (QED) is 0.673. The third-order valence-electron chi connectivity index (χ3n) is 4.08. The smallest absolute Gasteiger partial charge is 0.251 e. The van der Waals surface area contributed by atoms with E-state index in [0.29, 0.717) is 30.0 Å². The van der Waals surface area contributed by atoms with Gasteiger partial charge in [-0.3, -0.25) is 9.59 Å². The fraction of sp³-hybridized carbons (Fsp3) is 0.143. The minimum absolute atomic E-state index is 0.152. The Morgan fingerprint density at radius 2 is 1.46 bits per heavy atom. The van der Waals surface area contributed by atoms with Crippen molar-refractivity contribution in [3.05, 3.63) is 77.9 Å². The monoisotopic (exact) mass is 348 g/mol. The molecule has 3 aromatic carbocycles. The summed E-state index contributed by atoms with van der Waals surface area (Å²) in [6.45, 7) is 0.700. The lowest BCUT2D eigenvalue weighted by atomic mass is 10.0. The van der Waals surface area contributed by atoms with Crippen LogP contribution in [-0.4, -0.2) is 32.0 Å². The van der Waals surface area contributed by atoms with Crippen LogP contribution in [0, 0.1) is 0 Å². The molecular formula is C21H20N2O3. The summed E-state index contributed by atoms with van der Waals surface area (Å²) in [7, 11) is 1.58. The van der Waals surface area contributed by atoms with Crippen molar-refractivity contribution in [2.24, 2.45) is 0 Å². The van der Waals surface area contributed by atoms with Crippen molar-refractivity contribution in [2.75, 3.05) is 20.2 Å². The number of carbonyl (C=O) groups excluding carboxylic acids is 2. The van der Waals surface area contributed by atoms with Crippen molar-refractivity contribution in [1.29, 1.82) is 0 Å². The zero-order chi connectivity index (χ0) is 18.4. The number of nitrogens with one attached hydrogen (secondary N) is 2. The summed E-state index contributed by atoms with van der Waals surface area (Å²) in [5, 5.41) is 7.56. The summed E-state index contributed by atoms with van der Waals surface area (Å²) in [6, 6.07) is 20.3. The fourth-order valence-electron chi connectivity index (χ4n) is 2.72. The third-order valence-corrected chi connectivity index (χ3v) is 4.08. The van der Waals surface area contributed by atoms with E-state index in [1.54, 1.807) is 37.4 Å². The molecule has 0 radical (unpaired) electrons. The van der Waals surface area contributed by atoms with E-state index in [4.69, 9.17) is 4.74 Å². The molecule has 0 saturated heterocycles. The van der Waals surface area contributed by atoms with Crippen LogP contribution in [0.3, 0.4) is 0 Å². The Morgan fingerprint density at radius 1 is 0.808 bits per heavy atom. The van der Waals surface area contributed by atoms with E-state index in [2.05, 4.69) is 10.6 Å². The molecule has 0 bridgehead atoms. The second-order valence-corrected chi connectivity index (χ2v) is 5.77. The van der Waals surface area contributed by atoms with Crippen LogP contribution in [-0.2, 0) is 0 Å². The lowest BCUT2D eigenvalue weighted by molar-refractivity contribution is 0.0928. The standard InChI is InChI=1S/C21H20N2O3/c1-26-17-11-9-16(10-12-17)20(24)22-13-14-23-21(25)19-8-4-6-15-5-2-3-7-18(15)19/h2-12H,13-14H2,1H3,(H,22,24)(H,23,25). The summed E-state index contributed by atoms with van der Waals surface area (Å²) in [6.07, 6.45) is 0. The zero-order valence-electron chi connectivity index (χ0n) is 14.5. The molecule has 0 atom stereocenters. The summed E-state index contributed by atoms with van der Waals surface area (Å²) in [5.74, 6) is 0.358. The second-order valence-electron chi connectivity index (χ2n) is 5.77. The highest BCUT2D eigenvalue weighted by Crippen LogP contribution is 2.18. The van der Waals surface area contributed by atoms with Gasteiger partial charge in [0.15, 0.2) is 0 Å². The number of ether oxygens (including phenoxy) is 1. The topological polar surface area (TPSA) is 67.4 Å². The molecule has 132 valence electrons. The summed E-state index contributed by atoms with van der Waals surface area (Å²) < 4.78 is 5.07. The van der Waals surface area contributed by atoms with E-state index >= 15 is 0 Å². The van der Waals surface area contributed by atoms with Gasteiger partial charge in [-0.25, -0.2) is 0 Å². The maximum atomic E-state index is 12.4. The van der Waals surface area contributed by atoms with Crippen molar-refractivity contribution < 1.29 is 14.3 Å². The average molecular weight is 348 g/mol. The number of rotatable bonds is 6. The SMILES string of the molecule is COc1ccc(C(=O)NCCNC(=O)c2cccc3ccccc23)cc1. The van der Waals surface area contributed by atoms with E-state index in [0.717, 1.165) is 10.8 Å². The van der Waals surface area contributed by atoms with Crippen molar-refractivity contribution in [3.63, 3.8) is 0 Å². The molecule has 3 aromatic rings. The highest BCUT2D eigenvalue weighted by molar-refractivity contribution is 6.07. The Labute approximate surface area is 152 Å². The molecule has 0 saturated carbocycles. The minimum Gasteiger partial charge on any atom is -0.497 e. The highest BCUT2D eigenvalue weighted by Gasteiger charge is 2.09. The molecule has 26 heavy (non-hydrogen) atoms. The van der Waals surface area contributed by atoms with Crippen LogP contribution in [0.15, 0.2) is 66.7 Å². The molecule has 0 spiro atoms. The van der Waals surface area contributed by atoms with Gasteiger partial charge in [0.05, 0.1) is 7.11 Å². The van der Waals surface area contributed by atoms with Crippen molar-refractivity contribution in [1.82, 2.24) is 10.6 Å². The summed E-state index contributed by atoms with van der Waals surface area (Å²) in [4.78, 5) is 24.5. The fourth-order valence-corrected chi connectivity index (χ4v) is 2.72. The van der Waals surface area contributed by atoms with Gasteiger partial charge in [-0.1, -0.05) is 36.4 Å². The summed E-state index contributed by atoms with van der Waals surface area (Å²) in [5.41, 5.74) is 1.18. The molecule has 2 N–H and O–H groups in total.